The van der Waals surface area contributed by atoms with Gasteiger partial charge in [0.15, 0.2) is 6.29 Å². The minimum atomic E-state index is -0.403. The molecular formula is C16H20ClN5O2. The van der Waals surface area contributed by atoms with Gasteiger partial charge in [-0.15, -0.1) is 0 Å². The van der Waals surface area contributed by atoms with Gasteiger partial charge in [0.05, 0.1) is 6.20 Å². The predicted molar refractivity (Wildman–Crippen MR) is 91.9 cm³/mol. The first-order valence-corrected chi connectivity index (χ1v) is 8.28. The maximum Gasteiger partial charge on any atom is 0.158 e. The van der Waals surface area contributed by atoms with Crippen LogP contribution >= 0.6 is 11.6 Å². The van der Waals surface area contributed by atoms with Crippen molar-refractivity contribution in [2.24, 2.45) is 10.8 Å². The Bertz CT molecular complexity index is 682. The Morgan fingerprint density at radius 1 is 1.46 bits per heavy atom. The van der Waals surface area contributed by atoms with Gasteiger partial charge in [-0.25, -0.2) is 0 Å². The summed E-state index contributed by atoms with van der Waals surface area (Å²) in [5.74, 6) is 6.01. The molecule has 7 nitrogen and oxygen atoms in total. The van der Waals surface area contributed by atoms with Gasteiger partial charge in [-0.2, -0.15) is 10.2 Å². The average Bonchev–Trinajstić information content (AvgIpc) is 3.06. The number of nitrogens with zero attached hydrogens (tertiary/aromatic N) is 3. The summed E-state index contributed by atoms with van der Waals surface area (Å²) in [6.45, 7) is 1.62. The van der Waals surface area contributed by atoms with Gasteiger partial charge in [-0.05, 0) is 25.3 Å². The molecule has 3 N–H and O–H groups in total. The lowest BCUT2D eigenvalue weighted by atomic mass is 10.1. The van der Waals surface area contributed by atoms with Crippen molar-refractivity contribution in [2.75, 3.05) is 13.2 Å². The third kappa shape index (κ3) is 4.58. The van der Waals surface area contributed by atoms with E-state index in [9.17, 15) is 0 Å². The normalized spacial score (nSPS) is 23.6. The molecule has 3 rings (SSSR count). The predicted octanol–water partition coefficient (Wildman–Crippen LogP) is 1.25. The zero-order valence-corrected chi connectivity index (χ0v) is 14.0. The fraction of sp³-hybridized carbons (Fsp3) is 0.500. The molecule has 0 aliphatic carbocycles. The lowest BCUT2D eigenvalue weighted by Crippen LogP contribution is -2.37. The van der Waals surface area contributed by atoms with Gasteiger partial charge in [0, 0.05) is 23.9 Å². The number of nitrogens with two attached hydrogens (primary N) is 1. The van der Waals surface area contributed by atoms with Crippen LogP contribution in [0.4, 0.5) is 0 Å². The van der Waals surface area contributed by atoms with E-state index in [0.29, 0.717) is 18.3 Å². The van der Waals surface area contributed by atoms with E-state index in [0.717, 1.165) is 37.0 Å². The molecule has 0 radical (unpaired) electrons. The molecule has 1 fully saturated rings. The number of hydrazone groups is 1. The quantitative estimate of drug-likeness (QED) is 0.799. The highest BCUT2D eigenvalue weighted by Crippen LogP contribution is 2.19. The summed E-state index contributed by atoms with van der Waals surface area (Å²) < 4.78 is 12.8. The Kier molecular flexibility index (Phi) is 5.88. The topological polar surface area (TPSA) is 86.7 Å². The Balaban J connectivity index is 1.50. The highest BCUT2D eigenvalue weighted by molar-refractivity contribution is 6.69. The van der Waals surface area contributed by atoms with Crippen LogP contribution in [0.2, 0.25) is 0 Å². The summed E-state index contributed by atoms with van der Waals surface area (Å²) in [6, 6.07) is 0. The molecule has 128 valence electrons. The van der Waals surface area contributed by atoms with Crippen LogP contribution in [0.5, 0.6) is 0 Å². The van der Waals surface area contributed by atoms with Crippen LogP contribution in [0.1, 0.15) is 24.8 Å². The van der Waals surface area contributed by atoms with Gasteiger partial charge in [0.1, 0.15) is 24.5 Å². The van der Waals surface area contributed by atoms with Crippen LogP contribution < -0.4 is 11.2 Å². The first-order valence-electron chi connectivity index (χ1n) is 7.90. The first-order chi connectivity index (χ1) is 11.7. The zero-order valence-electron chi connectivity index (χ0n) is 13.2. The van der Waals surface area contributed by atoms with Gasteiger partial charge >= 0.3 is 0 Å². The second-order valence-electron chi connectivity index (χ2n) is 5.53. The van der Waals surface area contributed by atoms with Gasteiger partial charge in [-0.1, -0.05) is 23.4 Å². The highest BCUT2D eigenvalue weighted by atomic mass is 35.5. The molecule has 0 bridgehead atoms. The number of hydrogen-bond donors (Lipinski definition) is 2. The number of halogens is 1. The monoisotopic (exact) mass is 349 g/mol. The van der Waals surface area contributed by atoms with Crippen molar-refractivity contribution in [1.29, 1.82) is 0 Å². The van der Waals surface area contributed by atoms with Crippen molar-refractivity contribution in [1.82, 2.24) is 15.2 Å². The minimum absolute atomic E-state index is 0.108. The molecule has 24 heavy (non-hydrogen) atoms. The maximum absolute atomic E-state index is 5.95. The van der Waals surface area contributed by atoms with E-state index in [4.69, 9.17) is 26.8 Å². The molecular weight excluding hydrogens is 330 g/mol. The van der Waals surface area contributed by atoms with Crippen molar-refractivity contribution < 1.29 is 9.47 Å². The molecule has 2 aliphatic rings. The molecule has 1 aromatic rings. The third-order valence-electron chi connectivity index (χ3n) is 3.73. The van der Waals surface area contributed by atoms with Crippen molar-refractivity contribution in [3.63, 3.8) is 0 Å². The summed E-state index contributed by atoms with van der Waals surface area (Å²) in [5.41, 5.74) is 10.4. The number of rotatable bonds is 4. The molecule has 0 amide bonds. The largest absolute Gasteiger partial charge is 0.353 e. The lowest BCUT2D eigenvalue weighted by molar-refractivity contribution is -0.154. The highest BCUT2D eigenvalue weighted by Gasteiger charge is 2.17. The number of allylic oxidation sites excluding steroid dienone is 1. The number of ether oxygens (including phenoxy) is 2. The fourth-order valence-electron chi connectivity index (χ4n) is 2.48. The van der Waals surface area contributed by atoms with Crippen LogP contribution in [0.3, 0.4) is 0 Å². The van der Waals surface area contributed by atoms with Crippen molar-refractivity contribution in [3.05, 3.63) is 24.0 Å². The standard InChI is InChI=1S/C16H20ClN5O2/c17-14-9-13(16(18)21-20-14)12-10-19-22(11-12)6-2-4-8-24-15-5-1-3-7-23-15/h9-11,15-16,21H,1,3,5-8,18H2. The Labute approximate surface area is 145 Å². The summed E-state index contributed by atoms with van der Waals surface area (Å²) in [6.07, 6.45) is 8.03. The van der Waals surface area contributed by atoms with Crippen molar-refractivity contribution >= 4 is 22.3 Å². The van der Waals surface area contributed by atoms with Crippen LogP contribution in [-0.2, 0) is 16.0 Å². The fourth-order valence-corrected chi connectivity index (χ4v) is 2.64. The third-order valence-corrected chi connectivity index (χ3v) is 3.93. The second kappa shape index (κ2) is 8.31. The summed E-state index contributed by atoms with van der Waals surface area (Å²) >= 11 is 5.90. The zero-order chi connectivity index (χ0) is 16.8. The molecule has 8 heteroatoms. The molecule has 2 aliphatic heterocycles. The van der Waals surface area contributed by atoms with E-state index in [1.807, 2.05) is 6.20 Å². The molecule has 0 aromatic carbocycles. The Morgan fingerprint density at radius 3 is 3.21 bits per heavy atom. The molecule has 0 spiro atoms. The van der Waals surface area contributed by atoms with E-state index < -0.39 is 6.17 Å². The van der Waals surface area contributed by atoms with E-state index in [1.54, 1.807) is 17.0 Å². The second-order valence-corrected chi connectivity index (χ2v) is 5.92. The lowest BCUT2D eigenvalue weighted by Gasteiger charge is -2.21. The van der Waals surface area contributed by atoms with Gasteiger partial charge < -0.3 is 15.2 Å². The van der Waals surface area contributed by atoms with Gasteiger partial charge in [-0.3, -0.25) is 10.1 Å². The number of hydrogen-bond acceptors (Lipinski definition) is 6. The van der Waals surface area contributed by atoms with E-state index in [-0.39, 0.29) is 6.29 Å². The Morgan fingerprint density at radius 2 is 2.38 bits per heavy atom. The minimum Gasteiger partial charge on any atom is -0.353 e. The van der Waals surface area contributed by atoms with Crippen molar-refractivity contribution in [3.8, 4) is 11.8 Å². The van der Waals surface area contributed by atoms with Crippen molar-refractivity contribution in [2.45, 2.75) is 38.3 Å². The van der Waals surface area contributed by atoms with Crippen LogP contribution in [-0.4, -0.2) is 40.6 Å². The van der Waals surface area contributed by atoms with E-state index in [1.165, 1.54) is 0 Å². The summed E-state index contributed by atoms with van der Waals surface area (Å²) in [4.78, 5) is 0. The van der Waals surface area contributed by atoms with E-state index in [2.05, 4.69) is 27.5 Å². The SMILES string of the molecule is NC1NN=C(Cl)C=C1c1cnn(CC#CCOC2CCCCO2)c1. The van der Waals surface area contributed by atoms with Crippen LogP contribution in [0.25, 0.3) is 5.57 Å². The summed E-state index contributed by atoms with van der Waals surface area (Å²) in [7, 11) is 0. The van der Waals surface area contributed by atoms with Crippen LogP contribution in [0, 0.1) is 11.8 Å². The molecule has 1 saturated heterocycles. The molecule has 1 aromatic heterocycles. The van der Waals surface area contributed by atoms with Crippen LogP contribution in [0.15, 0.2) is 23.6 Å². The molecule has 0 saturated carbocycles. The smallest absolute Gasteiger partial charge is 0.158 e. The summed E-state index contributed by atoms with van der Waals surface area (Å²) in [5, 5.41) is 8.50. The number of nitrogens with one attached hydrogen (secondary N) is 1. The maximum atomic E-state index is 5.95. The van der Waals surface area contributed by atoms with Gasteiger partial charge in [0.25, 0.3) is 0 Å². The van der Waals surface area contributed by atoms with Gasteiger partial charge in [0.2, 0.25) is 0 Å². The molecule has 3 heterocycles. The number of aromatic nitrogens is 2. The average molecular weight is 350 g/mol. The molecule has 2 unspecified atom stereocenters. The Hall–Kier alpha value is -1.85. The first kappa shape index (κ1) is 17.0. The molecule has 2 atom stereocenters. The van der Waals surface area contributed by atoms with E-state index >= 15 is 0 Å².